The summed E-state index contributed by atoms with van der Waals surface area (Å²) in [4.78, 5) is 14.5. The number of benzene rings is 2. The summed E-state index contributed by atoms with van der Waals surface area (Å²) in [6.45, 7) is 9.07. The van der Waals surface area contributed by atoms with E-state index in [4.69, 9.17) is 0 Å². The quantitative estimate of drug-likeness (QED) is 0.0528. The topological polar surface area (TPSA) is 57.5 Å². The molecule has 0 bridgehead atoms. The van der Waals surface area contributed by atoms with Crippen molar-refractivity contribution in [1.82, 2.24) is 0 Å². The molecular weight excluding hydrogens is 685 g/mol. The molecule has 0 radical (unpaired) electrons. The van der Waals surface area contributed by atoms with Crippen LogP contribution < -0.4 is 0 Å². The molecule has 0 aromatic heterocycles. The van der Waals surface area contributed by atoms with Crippen LogP contribution in [0.15, 0.2) is 24.3 Å². The van der Waals surface area contributed by atoms with Crippen LogP contribution in [0.25, 0.3) is 0 Å². The first kappa shape index (κ1) is 49.9. The predicted molar refractivity (Wildman–Crippen MR) is 245 cm³/mol. The van der Waals surface area contributed by atoms with Gasteiger partial charge in [0.1, 0.15) is 11.5 Å². The second kappa shape index (κ2) is 33.7. The van der Waals surface area contributed by atoms with Crippen LogP contribution in [0.5, 0.6) is 11.5 Å². The van der Waals surface area contributed by atoms with Crippen molar-refractivity contribution in [2.75, 3.05) is 0 Å². The van der Waals surface area contributed by atoms with E-state index in [2.05, 4.69) is 27.7 Å². The maximum Gasteiger partial charge on any atom is 0.193 e. The summed E-state index contributed by atoms with van der Waals surface area (Å²) in [7, 11) is 0. The molecule has 0 aliphatic rings. The first-order valence-corrected chi connectivity index (χ1v) is 24.7. The minimum absolute atomic E-state index is 0.0358. The molecule has 0 unspecified atom stereocenters. The molecule has 0 fully saturated rings. The van der Waals surface area contributed by atoms with Crippen molar-refractivity contribution in [1.29, 1.82) is 0 Å². The highest BCUT2D eigenvalue weighted by atomic mass is 16.3. The van der Waals surface area contributed by atoms with E-state index in [9.17, 15) is 15.0 Å². The first-order chi connectivity index (χ1) is 27.5. The zero-order valence-corrected chi connectivity index (χ0v) is 37.6. The molecule has 320 valence electrons. The Morgan fingerprint density at radius 3 is 0.696 bits per heavy atom. The normalized spacial score (nSPS) is 11.5. The van der Waals surface area contributed by atoms with Crippen molar-refractivity contribution in [2.45, 2.75) is 259 Å². The van der Waals surface area contributed by atoms with Crippen molar-refractivity contribution < 1.29 is 15.0 Å². The Balaban J connectivity index is 2.25. The monoisotopic (exact) mass is 775 g/mol. The van der Waals surface area contributed by atoms with Crippen LogP contribution in [0.3, 0.4) is 0 Å². The molecule has 3 heteroatoms. The molecule has 2 aromatic carbocycles. The number of aryl methyl sites for hydroxylation is 4. The number of phenols is 2. The number of hydrogen-bond donors (Lipinski definition) is 2. The average molecular weight is 775 g/mol. The fraction of sp³-hybridized carbons (Fsp3) is 0.755. The summed E-state index contributed by atoms with van der Waals surface area (Å²) in [6.07, 6.45) is 43.3. The minimum atomic E-state index is 0.0358. The summed E-state index contributed by atoms with van der Waals surface area (Å²) >= 11 is 0. The fourth-order valence-electron chi connectivity index (χ4n) is 8.51. The summed E-state index contributed by atoms with van der Waals surface area (Å²) in [5.74, 6) is 0.876. The maximum absolute atomic E-state index is 14.5. The van der Waals surface area contributed by atoms with Gasteiger partial charge in [0.2, 0.25) is 0 Å². The third kappa shape index (κ3) is 22.0. The molecule has 2 N–H and O–H groups in total. The van der Waals surface area contributed by atoms with Crippen molar-refractivity contribution >= 4 is 5.78 Å². The van der Waals surface area contributed by atoms with Gasteiger partial charge in [0.25, 0.3) is 0 Å². The van der Waals surface area contributed by atoms with Gasteiger partial charge in [0.15, 0.2) is 5.78 Å². The number of ketones is 1. The first-order valence-electron chi connectivity index (χ1n) is 24.7. The van der Waals surface area contributed by atoms with Crippen molar-refractivity contribution in [3.05, 3.63) is 57.6 Å². The Bertz CT molecular complexity index is 1080. The van der Waals surface area contributed by atoms with Gasteiger partial charge < -0.3 is 10.2 Å². The number of unbranched alkanes of at least 4 members (excludes halogenated alkanes) is 28. The number of carbonyl (C=O) groups excluding carboxylic acids is 1. The molecular formula is C53H90O3. The maximum atomic E-state index is 14.5. The van der Waals surface area contributed by atoms with E-state index in [0.29, 0.717) is 22.6 Å². The van der Waals surface area contributed by atoms with E-state index in [1.54, 1.807) is 0 Å². The van der Waals surface area contributed by atoms with Crippen LogP contribution in [-0.4, -0.2) is 16.0 Å². The second-order valence-corrected chi connectivity index (χ2v) is 17.5. The van der Waals surface area contributed by atoms with Crippen LogP contribution in [0.2, 0.25) is 0 Å². The van der Waals surface area contributed by atoms with Crippen LogP contribution in [0, 0.1) is 0 Å². The summed E-state index contributed by atoms with van der Waals surface area (Å²) in [5, 5.41) is 23.1. The fourth-order valence-corrected chi connectivity index (χ4v) is 8.51. The number of carbonyl (C=O) groups is 1. The molecule has 0 saturated heterocycles. The van der Waals surface area contributed by atoms with Crippen molar-refractivity contribution in [3.8, 4) is 11.5 Å². The molecule has 0 aliphatic carbocycles. The van der Waals surface area contributed by atoms with E-state index in [1.165, 1.54) is 180 Å². The molecule has 0 amide bonds. The lowest BCUT2D eigenvalue weighted by molar-refractivity contribution is 0.103. The van der Waals surface area contributed by atoms with Gasteiger partial charge in [-0.05, 0) is 97.9 Å². The van der Waals surface area contributed by atoms with Gasteiger partial charge in [0, 0.05) is 11.1 Å². The highest BCUT2D eigenvalue weighted by molar-refractivity contribution is 6.09. The van der Waals surface area contributed by atoms with Crippen LogP contribution >= 0.6 is 0 Å². The lowest BCUT2D eigenvalue weighted by atomic mass is 9.90. The lowest BCUT2D eigenvalue weighted by Gasteiger charge is -2.16. The predicted octanol–water partition coefficient (Wildman–Crippen LogP) is 17.1. The van der Waals surface area contributed by atoms with Crippen LogP contribution in [0.4, 0.5) is 0 Å². The zero-order chi connectivity index (χ0) is 40.5. The Labute approximate surface area is 347 Å². The third-order valence-corrected chi connectivity index (χ3v) is 12.3. The van der Waals surface area contributed by atoms with Crippen molar-refractivity contribution in [3.63, 3.8) is 0 Å². The standard InChI is InChI=1S/C53H90O3/c1-5-9-13-17-21-25-29-33-37-45-41-49(42-46(51(45)54)38-34-30-26-22-18-14-10-6-2)53(56)50-43-47(39-35-31-27-23-19-15-11-7-3)52(55)48(44-50)40-36-32-28-24-20-16-12-8-4/h41-44,54-55H,5-40H2,1-4H3. The number of rotatable bonds is 38. The van der Waals surface area contributed by atoms with Gasteiger partial charge in [-0.15, -0.1) is 0 Å². The Morgan fingerprint density at radius 2 is 0.500 bits per heavy atom. The van der Waals surface area contributed by atoms with Gasteiger partial charge in [-0.1, -0.05) is 207 Å². The van der Waals surface area contributed by atoms with Crippen molar-refractivity contribution in [2.24, 2.45) is 0 Å². The number of hydrogen-bond acceptors (Lipinski definition) is 3. The number of phenolic OH excluding ortho intramolecular Hbond substituents is 2. The SMILES string of the molecule is CCCCCCCCCCc1cc(C(=O)c2cc(CCCCCCCCCC)c(O)c(CCCCCCCCCC)c2)cc(CCCCCCCCCC)c1O. The smallest absolute Gasteiger partial charge is 0.193 e. The molecule has 2 aromatic rings. The van der Waals surface area contributed by atoms with Crippen LogP contribution in [-0.2, 0) is 25.7 Å². The van der Waals surface area contributed by atoms with Gasteiger partial charge >= 0.3 is 0 Å². The van der Waals surface area contributed by atoms with Gasteiger partial charge in [-0.25, -0.2) is 0 Å². The molecule has 0 heterocycles. The molecule has 0 aliphatic heterocycles. The van der Waals surface area contributed by atoms with Gasteiger partial charge in [-0.3, -0.25) is 4.79 Å². The Kier molecular flexibility index (Phi) is 30.0. The molecule has 0 atom stereocenters. The zero-order valence-electron chi connectivity index (χ0n) is 37.6. The third-order valence-electron chi connectivity index (χ3n) is 12.3. The van der Waals surface area contributed by atoms with Gasteiger partial charge in [-0.2, -0.15) is 0 Å². The Hall–Kier alpha value is -2.29. The number of aromatic hydroxyl groups is 2. The van der Waals surface area contributed by atoms with Crippen LogP contribution in [0.1, 0.15) is 271 Å². The molecule has 2 rings (SSSR count). The van der Waals surface area contributed by atoms with E-state index >= 15 is 0 Å². The molecule has 56 heavy (non-hydrogen) atoms. The summed E-state index contributed by atoms with van der Waals surface area (Å²) in [5.41, 5.74) is 5.16. The highest BCUT2D eigenvalue weighted by Gasteiger charge is 2.19. The largest absolute Gasteiger partial charge is 0.507 e. The van der Waals surface area contributed by atoms with E-state index in [0.717, 1.165) is 73.6 Å². The molecule has 0 saturated carbocycles. The summed E-state index contributed by atoms with van der Waals surface area (Å²) in [6, 6.07) is 8.00. The van der Waals surface area contributed by atoms with E-state index in [1.807, 2.05) is 24.3 Å². The highest BCUT2D eigenvalue weighted by Crippen LogP contribution is 2.33. The van der Waals surface area contributed by atoms with Gasteiger partial charge in [0.05, 0.1) is 0 Å². The van der Waals surface area contributed by atoms with E-state index in [-0.39, 0.29) is 5.78 Å². The molecule has 0 spiro atoms. The Morgan fingerprint density at radius 1 is 0.321 bits per heavy atom. The average Bonchev–Trinajstić information content (AvgIpc) is 3.20. The minimum Gasteiger partial charge on any atom is -0.507 e. The second-order valence-electron chi connectivity index (χ2n) is 17.5. The molecule has 3 nitrogen and oxygen atoms in total. The lowest BCUT2D eigenvalue weighted by Crippen LogP contribution is -2.07. The van der Waals surface area contributed by atoms with E-state index < -0.39 is 0 Å². The summed E-state index contributed by atoms with van der Waals surface area (Å²) < 4.78 is 0.